The van der Waals surface area contributed by atoms with Crippen LogP contribution in [-0.2, 0) is 26.2 Å². The van der Waals surface area contributed by atoms with Gasteiger partial charge in [-0.15, -0.1) is 0 Å². The number of hydrogen-bond acceptors (Lipinski definition) is 4. The van der Waals surface area contributed by atoms with Crippen LogP contribution in [0.1, 0.15) is 24.5 Å². The Morgan fingerprint density at radius 2 is 1.50 bits per heavy atom. The van der Waals surface area contributed by atoms with Crippen molar-refractivity contribution >= 4 is 62.3 Å². The summed E-state index contributed by atoms with van der Waals surface area (Å²) in [7, 11) is -2.71. The van der Waals surface area contributed by atoms with Crippen molar-refractivity contribution < 1.29 is 18.0 Å². The summed E-state index contributed by atoms with van der Waals surface area (Å²) < 4.78 is 28.6. The Balaban J connectivity index is 2.09. The number of halogens is 3. The third-order valence-electron chi connectivity index (χ3n) is 6.02. The zero-order valence-electron chi connectivity index (χ0n) is 21.1. The van der Waals surface area contributed by atoms with Crippen molar-refractivity contribution in [2.24, 2.45) is 0 Å². The van der Waals surface area contributed by atoms with Crippen LogP contribution < -0.4 is 9.62 Å². The summed E-state index contributed by atoms with van der Waals surface area (Å²) in [6.45, 7) is 2.98. The lowest BCUT2D eigenvalue weighted by molar-refractivity contribution is -0.140. The maximum Gasteiger partial charge on any atom is 0.264 e. The maximum atomic E-state index is 13.9. The van der Waals surface area contributed by atoms with Gasteiger partial charge >= 0.3 is 0 Å². The first-order chi connectivity index (χ1) is 18.0. The number of nitrogens with zero attached hydrogens (tertiary/aromatic N) is 2. The molecule has 2 amide bonds. The zero-order chi connectivity index (χ0) is 28.0. The lowest BCUT2D eigenvalue weighted by Crippen LogP contribution is -2.51. The highest BCUT2D eigenvalue weighted by molar-refractivity contribution is 7.92. The third-order valence-corrected chi connectivity index (χ3v) is 8.77. The van der Waals surface area contributed by atoms with Crippen LogP contribution >= 0.6 is 34.8 Å². The Hall–Kier alpha value is -2.78. The number of likely N-dealkylation sites (N-methyl/N-ethyl adjacent to an activating group) is 1. The van der Waals surface area contributed by atoms with Crippen molar-refractivity contribution in [3.8, 4) is 0 Å². The summed E-state index contributed by atoms with van der Waals surface area (Å²) in [5, 5.41) is 3.60. The minimum Gasteiger partial charge on any atom is -0.357 e. The molecule has 0 aliphatic rings. The van der Waals surface area contributed by atoms with Crippen LogP contribution in [0.4, 0.5) is 5.69 Å². The predicted octanol–water partition coefficient (Wildman–Crippen LogP) is 5.70. The van der Waals surface area contributed by atoms with Crippen molar-refractivity contribution in [3.63, 3.8) is 0 Å². The number of carbonyl (C=O) groups is 2. The molecule has 0 bridgehead atoms. The molecule has 1 N–H and O–H groups in total. The molecule has 0 fully saturated rings. The Bertz CT molecular complexity index is 1380. The molecule has 0 unspecified atom stereocenters. The molecule has 0 aliphatic heterocycles. The van der Waals surface area contributed by atoms with Gasteiger partial charge in [-0.1, -0.05) is 65.5 Å². The largest absolute Gasteiger partial charge is 0.357 e. The maximum absolute atomic E-state index is 13.9. The van der Waals surface area contributed by atoms with Gasteiger partial charge in [-0.3, -0.25) is 13.9 Å². The van der Waals surface area contributed by atoms with Crippen molar-refractivity contribution in [2.45, 2.75) is 37.8 Å². The fourth-order valence-corrected chi connectivity index (χ4v) is 5.97. The lowest BCUT2D eigenvalue weighted by atomic mass is 10.1. The van der Waals surface area contributed by atoms with E-state index in [2.05, 4.69) is 5.32 Å². The standard InChI is InChI=1S/C27H28Cl3N3O4S/c1-4-25(27(35)31-3)32(16-22-23(29)6-5-7-24(22)30)26(34)17-33(20-12-8-18(2)9-13-20)38(36,37)21-14-10-19(28)11-15-21/h5-15,25H,4,16-17H2,1-3H3,(H,31,35)/t25-/m1/s1. The van der Waals surface area contributed by atoms with E-state index in [4.69, 9.17) is 34.8 Å². The highest BCUT2D eigenvalue weighted by atomic mass is 35.5. The topological polar surface area (TPSA) is 86.8 Å². The van der Waals surface area contributed by atoms with Gasteiger partial charge in [-0.05, 0) is 61.9 Å². The summed E-state index contributed by atoms with van der Waals surface area (Å²) in [5.74, 6) is -0.999. The van der Waals surface area contributed by atoms with Crippen LogP contribution in [0.15, 0.2) is 71.6 Å². The Morgan fingerprint density at radius 1 is 0.921 bits per heavy atom. The van der Waals surface area contributed by atoms with Crippen molar-refractivity contribution in [1.29, 1.82) is 0 Å². The minimum absolute atomic E-state index is 0.0330. The molecule has 202 valence electrons. The smallest absolute Gasteiger partial charge is 0.264 e. The quantitative estimate of drug-likeness (QED) is 0.325. The fraction of sp³-hybridized carbons (Fsp3) is 0.259. The number of sulfonamides is 1. The van der Waals surface area contributed by atoms with Gasteiger partial charge in [-0.2, -0.15) is 0 Å². The van der Waals surface area contributed by atoms with Gasteiger partial charge in [0.1, 0.15) is 12.6 Å². The molecule has 1 atom stereocenters. The van der Waals surface area contributed by atoms with E-state index < -0.39 is 34.4 Å². The second-order valence-electron chi connectivity index (χ2n) is 8.56. The number of rotatable bonds is 10. The van der Waals surface area contributed by atoms with Crippen LogP contribution in [-0.4, -0.2) is 44.8 Å². The van der Waals surface area contributed by atoms with Crippen LogP contribution in [0.2, 0.25) is 15.1 Å². The molecule has 0 aromatic heterocycles. The van der Waals surface area contributed by atoms with E-state index in [0.717, 1.165) is 9.87 Å². The average molecular weight is 597 g/mol. The molecule has 0 saturated heterocycles. The number of amides is 2. The second kappa shape index (κ2) is 12.8. The Kier molecular flexibility index (Phi) is 10.1. The van der Waals surface area contributed by atoms with Crippen molar-refractivity contribution in [2.75, 3.05) is 17.9 Å². The van der Waals surface area contributed by atoms with Crippen molar-refractivity contribution in [3.05, 3.63) is 92.9 Å². The molecule has 0 radical (unpaired) electrons. The van der Waals surface area contributed by atoms with Gasteiger partial charge in [0.2, 0.25) is 11.8 Å². The number of nitrogens with one attached hydrogen (secondary N) is 1. The molecule has 11 heteroatoms. The van der Waals surface area contributed by atoms with E-state index in [1.54, 1.807) is 49.4 Å². The number of aryl methyl sites for hydroxylation is 1. The zero-order valence-corrected chi connectivity index (χ0v) is 24.2. The summed E-state index contributed by atoms with van der Waals surface area (Å²) in [6.07, 6.45) is 0.280. The molecule has 0 heterocycles. The molecular formula is C27H28Cl3N3O4S. The fourth-order valence-electron chi connectivity index (χ4n) is 3.91. The predicted molar refractivity (Wildman–Crippen MR) is 152 cm³/mol. The van der Waals surface area contributed by atoms with Gasteiger partial charge in [0.25, 0.3) is 10.0 Å². The minimum atomic E-state index is -4.19. The summed E-state index contributed by atoms with van der Waals surface area (Å²) >= 11 is 18.7. The van der Waals surface area contributed by atoms with Crippen LogP contribution in [0.25, 0.3) is 0 Å². The molecule has 0 saturated carbocycles. The van der Waals surface area contributed by atoms with E-state index in [0.29, 0.717) is 26.3 Å². The first kappa shape index (κ1) is 29.8. The van der Waals surface area contributed by atoms with Crippen LogP contribution in [0.3, 0.4) is 0 Å². The molecule has 3 rings (SSSR count). The Labute approximate surface area is 238 Å². The lowest BCUT2D eigenvalue weighted by Gasteiger charge is -2.33. The number of benzene rings is 3. The molecular weight excluding hydrogens is 569 g/mol. The van der Waals surface area contributed by atoms with E-state index in [-0.39, 0.29) is 17.9 Å². The van der Waals surface area contributed by atoms with Gasteiger partial charge < -0.3 is 10.2 Å². The van der Waals surface area contributed by atoms with Gasteiger partial charge in [0, 0.05) is 34.2 Å². The third kappa shape index (κ3) is 6.80. The van der Waals surface area contributed by atoms with Gasteiger partial charge in [0.05, 0.1) is 10.6 Å². The van der Waals surface area contributed by atoms with Crippen molar-refractivity contribution in [1.82, 2.24) is 10.2 Å². The molecule has 38 heavy (non-hydrogen) atoms. The number of hydrogen-bond donors (Lipinski definition) is 1. The molecule has 3 aromatic rings. The molecule has 0 aliphatic carbocycles. The SMILES string of the molecule is CC[C@H](C(=O)NC)N(Cc1c(Cl)cccc1Cl)C(=O)CN(c1ccc(C)cc1)S(=O)(=O)c1ccc(Cl)cc1. The second-order valence-corrected chi connectivity index (χ2v) is 11.7. The number of carbonyl (C=O) groups excluding carboxylic acids is 2. The van der Waals surface area contributed by atoms with Crippen LogP contribution in [0, 0.1) is 6.92 Å². The average Bonchev–Trinajstić information content (AvgIpc) is 2.89. The monoisotopic (exact) mass is 595 g/mol. The first-order valence-corrected chi connectivity index (χ1v) is 14.4. The van der Waals surface area contributed by atoms with E-state index in [9.17, 15) is 18.0 Å². The van der Waals surface area contributed by atoms with Gasteiger partial charge in [-0.25, -0.2) is 8.42 Å². The Morgan fingerprint density at radius 3 is 2.03 bits per heavy atom. The molecule has 0 spiro atoms. The van der Waals surface area contributed by atoms with E-state index in [1.165, 1.54) is 36.2 Å². The summed E-state index contributed by atoms with van der Waals surface area (Å²) in [6, 6.07) is 16.5. The van der Waals surface area contributed by atoms with Crippen LogP contribution in [0.5, 0.6) is 0 Å². The molecule has 7 nitrogen and oxygen atoms in total. The molecule has 3 aromatic carbocycles. The number of anilines is 1. The first-order valence-electron chi connectivity index (χ1n) is 11.8. The summed E-state index contributed by atoms with van der Waals surface area (Å²) in [4.78, 5) is 28.0. The van der Waals surface area contributed by atoms with Gasteiger partial charge in [0.15, 0.2) is 0 Å². The van der Waals surface area contributed by atoms with E-state index in [1.807, 2.05) is 6.92 Å². The highest BCUT2D eigenvalue weighted by Crippen LogP contribution is 2.29. The highest BCUT2D eigenvalue weighted by Gasteiger charge is 2.34. The summed E-state index contributed by atoms with van der Waals surface area (Å²) in [5.41, 5.74) is 1.67. The normalized spacial score (nSPS) is 12.1. The van der Waals surface area contributed by atoms with E-state index >= 15 is 0 Å².